The second-order valence-electron chi connectivity index (χ2n) is 5.26. The van der Waals surface area contributed by atoms with Gasteiger partial charge < -0.3 is 14.8 Å². The summed E-state index contributed by atoms with van der Waals surface area (Å²) < 4.78 is 50.2. The summed E-state index contributed by atoms with van der Waals surface area (Å²) in [4.78, 5) is 22.2. The van der Waals surface area contributed by atoms with E-state index in [1.54, 1.807) is 0 Å². The first-order chi connectivity index (χ1) is 12.6. The number of ether oxygens (including phenoxy) is 2. The molecule has 1 heterocycles. The number of hydrogen-bond acceptors (Lipinski definition) is 5. The number of benzene rings is 2. The summed E-state index contributed by atoms with van der Waals surface area (Å²) in [5, 5.41) is 14.5. The quantitative estimate of drug-likeness (QED) is 0.594. The lowest BCUT2D eigenvalue weighted by Crippen LogP contribution is -2.65. The maximum absolute atomic E-state index is 13.6. The molecule has 142 valence electrons. The zero-order chi connectivity index (χ0) is 19.8. The number of anilines is 1. The van der Waals surface area contributed by atoms with E-state index in [9.17, 15) is 28.1 Å². The van der Waals surface area contributed by atoms with Crippen molar-refractivity contribution in [2.24, 2.45) is 0 Å². The Hall–Kier alpha value is -3.21. The number of halogens is 4. The van der Waals surface area contributed by atoms with Crippen LogP contribution >= 0.6 is 11.6 Å². The van der Waals surface area contributed by atoms with Crippen LogP contribution in [0.5, 0.6) is 11.5 Å². The second kappa shape index (κ2) is 6.50. The third-order valence-corrected chi connectivity index (χ3v) is 3.65. The number of nitro benzene ring substituents is 1. The molecule has 1 aliphatic rings. The summed E-state index contributed by atoms with van der Waals surface area (Å²) in [6.07, 6.45) is -5.18. The molecule has 1 aliphatic heterocycles. The van der Waals surface area contributed by atoms with Crippen LogP contribution in [0.2, 0.25) is 5.02 Å². The summed E-state index contributed by atoms with van der Waals surface area (Å²) >= 11 is 5.71. The van der Waals surface area contributed by atoms with E-state index in [1.165, 1.54) is 23.5 Å². The van der Waals surface area contributed by atoms with Gasteiger partial charge in [-0.25, -0.2) is 4.79 Å². The number of urea groups is 1. The van der Waals surface area contributed by atoms with Crippen molar-refractivity contribution in [2.45, 2.75) is 12.1 Å². The van der Waals surface area contributed by atoms with E-state index in [2.05, 4.69) is 0 Å². The maximum Gasteiger partial charge on any atom is 0.492 e. The molecule has 8 nitrogen and oxygen atoms in total. The number of alkyl halides is 3. The van der Waals surface area contributed by atoms with Gasteiger partial charge in [0.15, 0.2) is 11.5 Å². The van der Waals surface area contributed by atoms with E-state index >= 15 is 0 Å². The van der Waals surface area contributed by atoms with Crippen molar-refractivity contribution >= 4 is 29.0 Å². The number of nitro groups is 1. The van der Waals surface area contributed by atoms with Gasteiger partial charge in [0.2, 0.25) is 0 Å². The predicted octanol–water partition coefficient (Wildman–Crippen LogP) is 4.06. The van der Waals surface area contributed by atoms with Gasteiger partial charge in [0.25, 0.3) is 5.69 Å². The molecule has 27 heavy (non-hydrogen) atoms. The van der Waals surface area contributed by atoms with Crippen molar-refractivity contribution in [3.05, 3.63) is 57.6 Å². The highest BCUT2D eigenvalue weighted by Crippen LogP contribution is 2.46. The van der Waals surface area contributed by atoms with Crippen molar-refractivity contribution in [3.8, 4) is 11.5 Å². The van der Waals surface area contributed by atoms with E-state index in [0.29, 0.717) is 0 Å². The van der Waals surface area contributed by atoms with Gasteiger partial charge in [-0.1, -0.05) is 23.7 Å². The van der Waals surface area contributed by atoms with E-state index in [1.807, 2.05) is 5.32 Å². The summed E-state index contributed by atoms with van der Waals surface area (Å²) in [7, 11) is 0. The highest BCUT2D eigenvalue weighted by Gasteiger charge is 2.65. The summed E-state index contributed by atoms with van der Waals surface area (Å²) in [5.74, 6) is -4.14. The Bertz CT molecular complexity index is 924. The van der Waals surface area contributed by atoms with E-state index in [0.717, 1.165) is 24.3 Å². The monoisotopic (exact) mass is 403 g/mol. The minimum absolute atomic E-state index is 0.0969. The molecule has 2 aromatic rings. The van der Waals surface area contributed by atoms with Gasteiger partial charge in [0.05, 0.1) is 4.92 Å². The van der Waals surface area contributed by atoms with Gasteiger partial charge in [0, 0.05) is 17.2 Å². The number of rotatable bonds is 3. The number of carbonyl (C=O) groups is 1. The van der Waals surface area contributed by atoms with Crippen LogP contribution in [-0.2, 0) is 0 Å². The molecule has 3 rings (SSSR count). The average molecular weight is 404 g/mol. The first-order valence-electron chi connectivity index (χ1n) is 7.18. The first kappa shape index (κ1) is 18.6. The SMILES string of the molecule is O=C(Nc1ccccc1[N+](=O)[O-])N[C@@]1(C(F)(F)F)Oc2ccc(Cl)cc2O1. The largest absolute Gasteiger partial charge is 0.492 e. The summed E-state index contributed by atoms with van der Waals surface area (Å²) in [5.41, 5.74) is -0.812. The number of nitrogens with one attached hydrogen (secondary N) is 2. The number of amides is 2. The average Bonchev–Trinajstić information content (AvgIpc) is 2.93. The lowest BCUT2D eigenvalue weighted by molar-refractivity contribution is -0.383. The minimum Gasteiger partial charge on any atom is -0.424 e. The summed E-state index contributed by atoms with van der Waals surface area (Å²) in [6, 6.07) is 7.02. The molecule has 0 aliphatic carbocycles. The molecule has 0 fully saturated rings. The van der Waals surface area contributed by atoms with Crippen molar-refractivity contribution in [1.29, 1.82) is 0 Å². The number of hydrogen-bond donors (Lipinski definition) is 2. The molecular formula is C15H9ClF3N3O5. The van der Waals surface area contributed by atoms with Gasteiger partial charge >= 0.3 is 18.1 Å². The molecule has 2 aromatic carbocycles. The molecule has 2 N–H and O–H groups in total. The van der Waals surface area contributed by atoms with Gasteiger partial charge in [-0.15, -0.1) is 0 Å². The molecule has 0 saturated heterocycles. The number of para-hydroxylation sites is 2. The minimum atomic E-state index is -5.18. The fraction of sp³-hybridized carbons (Fsp3) is 0.133. The van der Waals surface area contributed by atoms with Crippen LogP contribution < -0.4 is 20.1 Å². The molecule has 0 radical (unpaired) electrons. The van der Waals surface area contributed by atoms with Gasteiger partial charge in [-0.2, -0.15) is 13.2 Å². The molecule has 12 heteroatoms. The Labute approximate surface area is 154 Å². The van der Waals surface area contributed by atoms with E-state index in [4.69, 9.17) is 21.1 Å². The van der Waals surface area contributed by atoms with Gasteiger partial charge in [-0.05, 0) is 18.2 Å². The molecule has 0 bridgehead atoms. The predicted molar refractivity (Wildman–Crippen MR) is 86.7 cm³/mol. The van der Waals surface area contributed by atoms with Crippen LogP contribution in [0.15, 0.2) is 42.5 Å². The summed E-state index contributed by atoms with van der Waals surface area (Å²) in [6.45, 7) is 0. The van der Waals surface area contributed by atoms with Crippen molar-refractivity contribution < 1.29 is 32.4 Å². The van der Waals surface area contributed by atoms with Crippen molar-refractivity contribution in [2.75, 3.05) is 5.32 Å². The fourth-order valence-corrected chi connectivity index (χ4v) is 2.42. The smallest absolute Gasteiger partial charge is 0.424 e. The maximum atomic E-state index is 13.6. The van der Waals surface area contributed by atoms with Crippen LogP contribution in [-0.4, -0.2) is 23.0 Å². The van der Waals surface area contributed by atoms with Crippen LogP contribution in [0.1, 0.15) is 0 Å². The molecule has 0 spiro atoms. The highest BCUT2D eigenvalue weighted by atomic mass is 35.5. The molecule has 2 amide bonds. The number of fused-ring (bicyclic) bond motifs is 1. The van der Waals surface area contributed by atoms with E-state index in [-0.39, 0.29) is 22.2 Å². The van der Waals surface area contributed by atoms with Gasteiger partial charge in [-0.3, -0.25) is 15.4 Å². The van der Waals surface area contributed by atoms with Crippen LogP contribution in [0.4, 0.5) is 29.3 Å². The Kier molecular flexibility index (Phi) is 4.47. The second-order valence-corrected chi connectivity index (χ2v) is 5.70. The lowest BCUT2D eigenvalue weighted by Gasteiger charge is -2.29. The van der Waals surface area contributed by atoms with Crippen LogP contribution in [0.3, 0.4) is 0 Å². The zero-order valence-electron chi connectivity index (χ0n) is 13.0. The first-order valence-corrected chi connectivity index (χ1v) is 7.56. The lowest BCUT2D eigenvalue weighted by atomic mass is 10.3. The standard InChI is InChI=1S/C15H9ClF3N3O5/c16-8-5-6-11-12(7-8)27-15(26-11,14(17,18)19)21-13(23)20-9-3-1-2-4-10(9)22(24)25/h1-7H,(H2,20,21,23)/t15-/m0/s1. The molecule has 1 atom stereocenters. The van der Waals surface area contributed by atoms with Crippen LogP contribution in [0.25, 0.3) is 0 Å². The molecular weight excluding hydrogens is 395 g/mol. The van der Waals surface area contributed by atoms with Crippen LogP contribution in [0, 0.1) is 10.1 Å². The van der Waals surface area contributed by atoms with Gasteiger partial charge in [0.1, 0.15) is 5.69 Å². The highest BCUT2D eigenvalue weighted by molar-refractivity contribution is 6.30. The zero-order valence-corrected chi connectivity index (χ0v) is 13.8. The molecule has 0 aromatic heterocycles. The number of nitrogens with zero attached hydrogens (tertiary/aromatic N) is 1. The third-order valence-electron chi connectivity index (χ3n) is 3.41. The Morgan fingerprint density at radius 3 is 2.48 bits per heavy atom. The fourth-order valence-electron chi connectivity index (χ4n) is 2.26. The van der Waals surface area contributed by atoms with Crippen molar-refractivity contribution in [1.82, 2.24) is 5.32 Å². The Balaban J connectivity index is 1.85. The third kappa shape index (κ3) is 3.53. The number of carbonyl (C=O) groups excluding carboxylic acids is 1. The molecule has 0 unspecified atom stereocenters. The topological polar surface area (TPSA) is 103 Å². The Morgan fingerprint density at radius 1 is 1.15 bits per heavy atom. The van der Waals surface area contributed by atoms with E-state index < -0.39 is 28.7 Å². The van der Waals surface area contributed by atoms with Crippen molar-refractivity contribution in [3.63, 3.8) is 0 Å². The normalized spacial score (nSPS) is 18.1. The molecule has 0 saturated carbocycles. The Morgan fingerprint density at radius 2 is 1.81 bits per heavy atom.